The van der Waals surface area contributed by atoms with Crippen molar-refractivity contribution < 1.29 is 9.32 Å². The van der Waals surface area contributed by atoms with Crippen LogP contribution in [0.2, 0.25) is 0 Å². The van der Waals surface area contributed by atoms with Crippen LogP contribution in [0.25, 0.3) is 0 Å². The highest BCUT2D eigenvalue weighted by atomic mass is 16.5. The molecule has 1 N–H and O–H groups in total. The van der Waals surface area contributed by atoms with E-state index in [1.54, 1.807) is 22.1 Å². The molecule has 8 heteroatoms. The van der Waals surface area contributed by atoms with Gasteiger partial charge in [-0.15, -0.1) is 0 Å². The summed E-state index contributed by atoms with van der Waals surface area (Å²) < 4.78 is 6.90. The van der Waals surface area contributed by atoms with Crippen LogP contribution in [0.3, 0.4) is 0 Å². The number of carbonyl (C=O) groups is 1. The van der Waals surface area contributed by atoms with Gasteiger partial charge in [0.1, 0.15) is 11.8 Å². The maximum Gasteiger partial charge on any atom is 0.249 e. The Morgan fingerprint density at radius 2 is 2.22 bits per heavy atom. The summed E-state index contributed by atoms with van der Waals surface area (Å²) in [6.07, 6.45) is 4.08. The molecule has 0 saturated carbocycles. The number of hydrogen-bond donors (Lipinski definition) is 1. The zero-order chi connectivity index (χ0) is 16.6. The van der Waals surface area contributed by atoms with Crippen LogP contribution in [0.1, 0.15) is 30.4 Å². The summed E-state index contributed by atoms with van der Waals surface area (Å²) in [5, 5.41) is 17.0. The number of aryl methyl sites for hydroxylation is 2. The molecular formula is C15H20N6O2. The fraction of sp³-hybridized carbons (Fsp3) is 0.467. The molecule has 1 unspecified atom stereocenters. The highest BCUT2D eigenvalue weighted by Crippen LogP contribution is 2.17. The number of carbonyl (C=O) groups excluding carboxylic acids is 1. The van der Waals surface area contributed by atoms with Gasteiger partial charge in [0.15, 0.2) is 0 Å². The first kappa shape index (κ1) is 15.3. The molecule has 2 aromatic rings. The molecule has 2 aromatic heterocycles. The number of rotatable bonds is 4. The van der Waals surface area contributed by atoms with Crippen LogP contribution in [0, 0.1) is 13.8 Å². The van der Waals surface area contributed by atoms with Gasteiger partial charge in [-0.05, 0) is 20.8 Å². The van der Waals surface area contributed by atoms with Gasteiger partial charge in [0.05, 0.1) is 24.1 Å². The Kier molecular flexibility index (Phi) is 3.89. The largest absolute Gasteiger partial charge is 0.361 e. The second kappa shape index (κ2) is 5.86. The van der Waals surface area contributed by atoms with E-state index in [0.717, 1.165) is 22.7 Å². The number of aromatic nitrogens is 3. The smallest absolute Gasteiger partial charge is 0.249 e. The average molecular weight is 316 g/mol. The normalized spacial score (nSPS) is 17.5. The fourth-order valence-electron chi connectivity index (χ4n) is 2.68. The minimum atomic E-state index is -0.263. The monoisotopic (exact) mass is 316 g/mol. The van der Waals surface area contributed by atoms with Gasteiger partial charge < -0.3 is 9.84 Å². The van der Waals surface area contributed by atoms with Crippen LogP contribution < -0.4 is 5.32 Å². The van der Waals surface area contributed by atoms with Crippen molar-refractivity contribution in [1.29, 1.82) is 0 Å². The van der Waals surface area contributed by atoms with E-state index in [2.05, 4.69) is 20.7 Å². The molecule has 8 nitrogen and oxygen atoms in total. The molecule has 0 aliphatic carbocycles. The van der Waals surface area contributed by atoms with E-state index in [0.29, 0.717) is 18.7 Å². The van der Waals surface area contributed by atoms with Crippen LogP contribution in [0.15, 0.2) is 22.0 Å². The molecule has 0 bridgehead atoms. The summed E-state index contributed by atoms with van der Waals surface area (Å²) in [4.78, 5) is 12.3. The maximum absolute atomic E-state index is 12.3. The summed E-state index contributed by atoms with van der Waals surface area (Å²) in [6, 6.07) is -0.263. The Labute approximate surface area is 134 Å². The minimum Gasteiger partial charge on any atom is -0.361 e. The van der Waals surface area contributed by atoms with E-state index < -0.39 is 0 Å². The van der Waals surface area contributed by atoms with Crippen molar-refractivity contribution in [2.45, 2.75) is 39.8 Å². The lowest BCUT2D eigenvalue weighted by molar-refractivity contribution is -0.120. The van der Waals surface area contributed by atoms with Crippen LogP contribution in [-0.4, -0.2) is 44.7 Å². The summed E-state index contributed by atoms with van der Waals surface area (Å²) in [6.45, 7) is 6.25. The second-order valence-corrected chi connectivity index (χ2v) is 5.85. The quantitative estimate of drug-likeness (QED) is 0.924. The minimum absolute atomic E-state index is 0.0787. The maximum atomic E-state index is 12.3. The first-order valence-electron chi connectivity index (χ1n) is 7.46. The van der Waals surface area contributed by atoms with Gasteiger partial charge in [0.2, 0.25) is 5.91 Å². The van der Waals surface area contributed by atoms with E-state index >= 15 is 0 Å². The predicted molar refractivity (Wildman–Crippen MR) is 85.2 cm³/mol. The summed E-state index contributed by atoms with van der Waals surface area (Å²) in [7, 11) is 1.81. The molecule has 0 fully saturated rings. The zero-order valence-corrected chi connectivity index (χ0v) is 13.7. The SMILES string of the molecule is CC1=NN(C)C(C(=O)Nc2cnn(Cc3c(C)noc3C)c2)C1. The Bertz CT molecular complexity index is 740. The zero-order valence-electron chi connectivity index (χ0n) is 13.7. The van der Waals surface area contributed by atoms with Gasteiger partial charge in [0.25, 0.3) is 0 Å². The van der Waals surface area contributed by atoms with E-state index in [1.807, 2.05) is 27.8 Å². The number of hydrazone groups is 1. The Morgan fingerprint density at radius 3 is 2.83 bits per heavy atom. The summed E-state index contributed by atoms with van der Waals surface area (Å²) in [5.41, 5.74) is 3.48. The number of nitrogens with zero attached hydrogens (tertiary/aromatic N) is 5. The van der Waals surface area contributed by atoms with Gasteiger partial charge in [0, 0.05) is 30.9 Å². The Balaban J connectivity index is 1.65. The topological polar surface area (TPSA) is 88.5 Å². The van der Waals surface area contributed by atoms with Crippen LogP contribution in [0.5, 0.6) is 0 Å². The van der Waals surface area contributed by atoms with Gasteiger partial charge in [-0.3, -0.25) is 14.5 Å². The molecule has 0 aromatic carbocycles. The third kappa shape index (κ3) is 3.10. The highest BCUT2D eigenvalue weighted by Gasteiger charge is 2.28. The fourth-order valence-corrected chi connectivity index (χ4v) is 2.68. The molecule has 1 aliphatic heterocycles. The lowest BCUT2D eigenvalue weighted by Crippen LogP contribution is -2.36. The van der Waals surface area contributed by atoms with Crippen molar-refractivity contribution in [3.63, 3.8) is 0 Å². The van der Waals surface area contributed by atoms with Gasteiger partial charge >= 0.3 is 0 Å². The average Bonchev–Trinajstić information content (AvgIpc) is 3.15. The molecular weight excluding hydrogens is 296 g/mol. The van der Waals surface area contributed by atoms with Crippen molar-refractivity contribution in [2.24, 2.45) is 5.10 Å². The van der Waals surface area contributed by atoms with E-state index in [-0.39, 0.29) is 11.9 Å². The van der Waals surface area contributed by atoms with Crippen molar-refractivity contribution in [3.05, 3.63) is 29.4 Å². The molecule has 23 heavy (non-hydrogen) atoms. The van der Waals surface area contributed by atoms with Crippen molar-refractivity contribution in [2.75, 3.05) is 12.4 Å². The lowest BCUT2D eigenvalue weighted by atomic mass is 10.1. The van der Waals surface area contributed by atoms with Crippen molar-refractivity contribution in [3.8, 4) is 0 Å². The summed E-state index contributed by atoms with van der Waals surface area (Å²) in [5.74, 6) is 0.703. The number of hydrogen-bond acceptors (Lipinski definition) is 6. The molecule has 0 saturated heterocycles. The standard InChI is InChI=1S/C15H20N6O2/c1-9-5-14(20(4)18-9)15(22)17-12-6-16-21(7-12)8-13-10(2)19-23-11(13)3/h6-7,14H,5,8H2,1-4H3,(H,17,22). The van der Waals surface area contributed by atoms with E-state index in [4.69, 9.17) is 4.52 Å². The molecule has 122 valence electrons. The first-order valence-corrected chi connectivity index (χ1v) is 7.46. The van der Waals surface area contributed by atoms with Crippen LogP contribution in [0.4, 0.5) is 5.69 Å². The number of nitrogens with one attached hydrogen (secondary N) is 1. The summed E-state index contributed by atoms with van der Waals surface area (Å²) >= 11 is 0. The third-order valence-electron chi connectivity index (χ3n) is 3.97. The molecule has 3 heterocycles. The van der Waals surface area contributed by atoms with Crippen LogP contribution in [-0.2, 0) is 11.3 Å². The lowest BCUT2D eigenvalue weighted by Gasteiger charge is -2.17. The molecule has 0 spiro atoms. The second-order valence-electron chi connectivity index (χ2n) is 5.85. The van der Waals surface area contributed by atoms with Gasteiger partial charge in [-0.25, -0.2) is 0 Å². The first-order chi connectivity index (χ1) is 10.9. The van der Waals surface area contributed by atoms with Gasteiger partial charge in [-0.2, -0.15) is 10.2 Å². The van der Waals surface area contributed by atoms with Crippen molar-refractivity contribution >= 4 is 17.3 Å². The molecule has 1 amide bonds. The number of amides is 1. The third-order valence-corrected chi connectivity index (χ3v) is 3.97. The van der Waals surface area contributed by atoms with E-state index in [9.17, 15) is 4.79 Å². The van der Waals surface area contributed by atoms with Crippen molar-refractivity contribution in [1.82, 2.24) is 19.9 Å². The predicted octanol–water partition coefficient (Wildman–Crippen LogP) is 1.55. The molecule has 3 rings (SSSR count). The number of likely N-dealkylation sites (N-methyl/N-ethyl adjacent to an activating group) is 1. The number of anilines is 1. The van der Waals surface area contributed by atoms with Crippen LogP contribution >= 0.6 is 0 Å². The Hall–Kier alpha value is -2.64. The Morgan fingerprint density at radius 1 is 1.43 bits per heavy atom. The molecule has 1 atom stereocenters. The van der Waals surface area contributed by atoms with E-state index in [1.165, 1.54) is 0 Å². The van der Waals surface area contributed by atoms with Gasteiger partial charge in [-0.1, -0.05) is 5.16 Å². The highest BCUT2D eigenvalue weighted by molar-refractivity contribution is 5.99. The molecule has 1 aliphatic rings. The molecule has 0 radical (unpaired) electrons.